The van der Waals surface area contributed by atoms with Crippen molar-refractivity contribution in [3.05, 3.63) is 277 Å². The number of benzene rings is 4. The van der Waals surface area contributed by atoms with Crippen LogP contribution in [0.1, 0.15) is 232 Å². The van der Waals surface area contributed by atoms with Gasteiger partial charge in [0.2, 0.25) is 0 Å². The van der Waals surface area contributed by atoms with Gasteiger partial charge in [-0.15, -0.1) is 0 Å². The van der Waals surface area contributed by atoms with Crippen LogP contribution in [0.2, 0.25) is 0 Å². The number of rotatable bonds is 34. The second-order valence-corrected chi connectivity index (χ2v) is 50.1. The summed E-state index contributed by atoms with van der Waals surface area (Å²) in [6, 6.07) is 42.0. The standard InChI is InChI=1S/2C25H29N3O6S.2C25H31N3O6S/c2*1-17-2-4-18(5-3-17)14-26-21(30)19-6-7-20-23(32)27(12-13-28(20)22(19)31)15-24(8-9-24)35(33,34)25(16-29)10-11-25;2*1-17-3-5-19(6-4-17)15-26-22(30)20-7-8-21-24(32)27(12-13-28(21)23(20)31)16-25(10-11-25)35(33,34)18(2)9-14-29/h2*2-7,29H,8-16H2,1H3,(H,26,30);2*3-8,18,29H,9-16H2,1-2H3,(H,26,30)/t;;2*18-/m..10/s1. The quantitative estimate of drug-likeness (QED) is 0.0274. The van der Waals surface area contributed by atoms with Crippen LogP contribution in [0.4, 0.5) is 0 Å². The van der Waals surface area contributed by atoms with Crippen LogP contribution in [0.5, 0.6) is 0 Å². The Labute approximate surface area is 811 Å². The van der Waals surface area contributed by atoms with Crippen molar-refractivity contribution in [1.82, 2.24) is 59.1 Å². The molecule has 6 saturated carbocycles. The fourth-order valence-electron chi connectivity index (χ4n) is 18.9. The monoisotopic (exact) mass is 2000 g/mol. The molecule has 6 aliphatic carbocycles. The van der Waals surface area contributed by atoms with Gasteiger partial charge in [0, 0.05) is 118 Å². The van der Waals surface area contributed by atoms with Crippen molar-refractivity contribution in [3.63, 3.8) is 0 Å². The lowest BCUT2D eigenvalue weighted by atomic mass is 10.1. The van der Waals surface area contributed by atoms with Gasteiger partial charge in [-0.05, 0) is 202 Å². The highest BCUT2D eigenvalue weighted by molar-refractivity contribution is 7.95. The van der Waals surface area contributed by atoms with Gasteiger partial charge in [-0.1, -0.05) is 119 Å². The molecule has 0 saturated heterocycles. The zero-order valence-electron chi connectivity index (χ0n) is 79.2. The molecule has 140 heavy (non-hydrogen) atoms. The number of pyridine rings is 4. The number of hydrogen-bond donors (Lipinski definition) is 8. The molecule has 8 heterocycles. The van der Waals surface area contributed by atoms with E-state index in [1.165, 1.54) is 86.4 Å². The predicted octanol–water partition coefficient (Wildman–Crippen LogP) is 4.55. The largest absolute Gasteiger partial charge is 0.396 e. The Morgan fingerprint density at radius 2 is 0.493 bits per heavy atom. The molecule has 10 aliphatic rings. The van der Waals surface area contributed by atoms with Crippen LogP contribution in [-0.4, -0.2) is 257 Å². The number of amides is 8. The first-order valence-electron chi connectivity index (χ1n) is 47.3. The Morgan fingerprint density at radius 1 is 0.293 bits per heavy atom. The summed E-state index contributed by atoms with van der Waals surface area (Å²) in [5.41, 5.74) is 6.33. The fourth-order valence-corrected chi connectivity index (χ4v) is 28.8. The summed E-state index contributed by atoms with van der Waals surface area (Å²) >= 11 is 0. The second kappa shape index (κ2) is 40.2. The summed E-state index contributed by atoms with van der Waals surface area (Å²) in [6.07, 6.45) is 5.89. The molecule has 0 radical (unpaired) electrons. The van der Waals surface area contributed by atoms with Gasteiger partial charge in [-0.25, -0.2) is 33.7 Å². The molecule has 8 aromatic rings. The number of carbonyl (C=O) groups is 8. The van der Waals surface area contributed by atoms with Crippen molar-refractivity contribution in [2.75, 3.05) is 78.8 Å². The van der Waals surface area contributed by atoms with Gasteiger partial charge >= 0.3 is 0 Å². The normalized spacial score (nSPS) is 18.6. The van der Waals surface area contributed by atoms with Gasteiger partial charge < -0.3 is 79.6 Å². The minimum absolute atomic E-state index is 0.0398. The van der Waals surface area contributed by atoms with Gasteiger partial charge in [0.05, 0.1) is 52.2 Å². The first-order chi connectivity index (χ1) is 66.4. The Bertz CT molecular complexity index is 6540. The topological polar surface area (TPSA) is 503 Å². The van der Waals surface area contributed by atoms with E-state index in [1.807, 2.05) is 125 Å². The summed E-state index contributed by atoms with van der Waals surface area (Å²) in [7, 11) is -14.2. The fraction of sp³-hybridized carbons (Fsp3) is 0.480. The lowest BCUT2D eigenvalue weighted by molar-refractivity contribution is 0.0688. The highest BCUT2D eigenvalue weighted by atomic mass is 32.2. The molecule has 0 spiro atoms. The molecule has 4 aromatic carbocycles. The van der Waals surface area contributed by atoms with E-state index in [0.717, 1.165) is 44.5 Å². The average molecular weight is 2000 g/mol. The summed E-state index contributed by atoms with van der Waals surface area (Å²) in [6.45, 7) is 12.7. The number of nitrogens with zero attached hydrogens (tertiary/aromatic N) is 8. The van der Waals surface area contributed by atoms with E-state index >= 15 is 0 Å². The molecule has 18 rings (SSSR count). The van der Waals surface area contributed by atoms with Crippen molar-refractivity contribution in [2.24, 2.45) is 0 Å². The number of aliphatic hydroxyl groups is 4. The van der Waals surface area contributed by atoms with E-state index in [-0.39, 0.29) is 176 Å². The van der Waals surface area contributed by atoms with Crippen molar-refractivity contribution in [3.8, 4) is 0 Å². The molecule has 4 aromatic heterocycles. The van der Waals surface area contributed by atoms with Crippen LogP contribution in [0.15, 0.2) is 165 Å². The third kappa shape index (κ3) is 20.3. The highest BCUT2D eigenvalue weighted by Crippen LogP contribution is 2.58. The van der Waals surface area contributed by atoms with Gasteiger partial charge in [0.15, 0.2) is 39.3 Å². The molecule has 0 bridgehead atoms. The molecule has 40 heteroatoms. The minimum Gasteiger partial charge on any atom is -0.396 e. The van der Waals surface area contributed by atoms with Crippen LogP contribution in [0.3, 0.4) is 0 Å². The number of hydrogen-bond acceptors (Lipinski definition) is 24. The molecule has 6 fully saturated rings. The van der Waals surface area contributed by atoms with E-state index in [4.69, 9.17) is 10.2 Å². The van der Waals surface area contributed by atoms with Crippen LogP contribution in [-0.2, 0) is 91.7 Å². The lowest BCUT2D eigenvalue weighted by Crippen LogP contribution is -2.51. The number of carbonyl (C=O) groups excluding carboxylic acids is 8. The Kier molecular flexibility index (Phi) is 29.4. The number of sulfone groups is 4. The SMILES string of the molecule is Cc1ccc(CNC(=O)c2ccc3n(c2=O)CCN(CC2(S(=O)(=O)C4(CO)CC4)CC2)C3=O)cc1.Cc1ccc(CNC(=O)c2ccc3n(c2=O)CCN(CC2(S(=O)(=O)C4(CO)CC4)CC2)C3=O)cc1.Cc1ccc(CNC(=O)c2ccc3n(c2=O)CCN(CC2(S(=O)(=O)[C@@H](C)CCO)CC2)C3=O)cc1.Cc1ccc(CNC(=O)c2ccc3n(c2=O)CCN(CC2(S(=O)(=O)[C@H](C)CCO)CC2)C3=O)cc1. The van der Waals surface area contributed by atoms with E-state index < -0.39 is 161 Å². The number of aromatic nitrogens is 4. The zero-order chi connectivity index (χ0) is 101. The van der Waals surface area contributed by atoms with Crippen molar-refractivity contribution >= 4 is 86.6 Å². The molecule has 8 amide bonds. The predicted molar refractivity (Wildman–Crippen MR) is 520 cm³/mol. The third-order valence-corrected chi connectivity index (χ3v) is 42.1. The molecular formula is C100H120N12O24S4. The molecule has 36 nitrogen and oxygen atoms in total. The Hall–Kier alpha value is -11.9. The van der Waals surface area contributed by atoms with Crippen molar-refractivity contribution in [2.45, 2.75) is 223 Å². The maximum absolute atomic E-state index is 13.2. The summed E-state index contributed by atoms with van der Waals surface area (Å²) in [4.78, 5) is 161. The number of aryl methyl sites for hydroxylation is 4. The van der Waals surface area contributed by atoms with E-state index in [1.54, 1.807) is 13.8 Å². The maximum atomic E-state index is 13.2. The Morgan fingerprint density at radius 3 is 0.679 bits per heavy atom. The van der Waals surface area contributed by atoms with Crippen molar-refractivity contribution in [1.29, 1.82) is 0 Å². The maximum Gasteiger partial charge on any atom is 0.270 e. The smallest absolute Gasteiger partial charge is 0.270 e. The first kappa shape index (κ1) is 102. The molecule has 2 atom stereocenters. The number of nitrogens with one attached hydrogen (secondary N) is 4. The molecule has 4 aliphatic heterocycles. The summed E-state index contributed by atoms with van der Waals surface area (Å²) in [5.74, 6) is -3.73. The van der Waals surface area contributed by atoms with E-state index in [2.05, 4.69) is 21.3 Å². The van der Waals surface area contributed by atoms with Crippen LogP contribution < -0.4 is 43.5 Å². The summed E-state index contributed by atoms with van der Waals surface area (Å²) < 4.78 is 104. The van der Waals surface area contributed by atoms with Crippen molar-refractivity contribution < 1.29 is 92.5 Å². The molecular weight excluding hydrogens is 1880 g/mol. The lowest BCUT2D eigenvalue weighted by Gasteiger charge is -2.33. The molecule has 8 N–H and O–H groups in total. The highest BCUT2D eigenvalue weighted by Gasteiger charge is 2.69. The van der Waals surface area contributed by atoms with E-state index in [9.17, 15) is 101 Å². The summed E-state index contributed by atoms with van der Waals surface area (Å²) in [5, 5.41) is 47.2. The molecule has 748 valence electrons. The van der Waals surface area contributed by atoms with Gasteiger partial charge in [-0.3, -0.25) is 57.5 Å². The van der Waals surface area contributed by atoms with Crippen LogP contribution in [0.25, 0.3) is 0 Å². The zero-order valence-corrected chi connectivity index (χ0v) is 82.5. The van der Waals surface area contributed by atoms with Crippen LogP contribution >= 0.6 is 0 Å². The van der Waals surface area contributed by atoms with Gasteiger partial charge in [-0.2, -0.15) is 0 Å². The van der Waals surface area contributed by atoms with Gasteiger partial charge in [0.25, 0.3) is 69.5 Å². The average Bonchev–Trinajstić information content (AvgIpc) is 1.53. The van der Waals surface area contributed by atoms with E-state index in [0.29, 0.717) is 77.0 Å². The van der Waals surface area contributed by atoms with Gasteiger partial charge in [0.1, 0.15) is 45.0 Å². The van der Waals surface area contributed by atoms with Crippen LogP contribution in [0, 0.1) is 27.7 Å². The number of aliphatic hydroxyl groups excluding tert-OH is 4. The number of fused-ring (bicyclic) bond motifs is 4. The molecule has 0 unspecified atom stereocenters. The minimum atomic E-state index is -3.59. The second-order valence-electron chi connectivity index (χ2n) is 39.1. The third-order valence-electron chi connectivity index (χ3n) is 29.3. The Balaban J connectivity index is 0.000000141. The first-order valence-corrected chi connectivity index (χ1v) is 53.4.